The second-order valence-corrected chi connectivity index (χ2v) is 9.00. The lowest BCUT2D eigenvalue weighted by atomic mass is 10.1. The fourth-order valence-corrected chi connectivity index (χ4v) is 5.84. The molecule has 0 aliphatic carbocycles. The third-order valence-corrected chi connectivity index (χ3v) is 7.21. The van der Waals surface area contributed by atoms with Crippen LogP contribution < -0.4 is 4.74 Å². The van der Waals surface area contributed by atoms with Gasteiger partial charge in [0.1, 0.15) is 5.75 Å². The van der Waals surface area contributed by atoms with Gasteiger partial charge in [0.05, 0.1) is 7.11 Å². The highest BCUT2D eigenvalue weighted by atomic mass is 35.5. The average molecular weight is 374 g/mol. The molecule has 1 aromatic carbocycles. The monoisotopic (exact) mass is 373 g/mol. The van der Waals surface area contributed by atoms with E-state index in [-0.39, 0.29) is 5.91 Å². The third kappa shape index (κ3) is 6.12. The van der Waals surface area contributed by atoms with Crippen molar-refractivity contribution in [3.8, 4) is 5.75 Å². The summed E-state index contributed by atoms with van der Waals surface area (Å²) in [4.78, 5) is 14.0. The van der Waals surface area contributed by atoms with E-state index in [0.717, 1.165) is 29.4 Å². The maximum Gasteiger partial charge on any atom is 0.222 e. The molecule has 23 heavy (non-hydrogen) atoms. The molecule has 0 radical (unpaired) electrons. The first kappa shape index (κ1) is 18.8. The molecule has 128 valence electrons. The van der Waals surface area contributed by atoms with Crippen molar-refractivity contribution in [2.45, 2.75) is 43.9 Å². The Balaban J connectivity index is 1.75. The first-order valence-corrected chi connectivity index (χ1v) is 10.7. The zero-order valence-corrected chi connectivity index (χ0v) is 16.1. The van der Waals surface area contributed by atoms with E-state index in [1.807, 2.05) is 40.8 Å². The number of rotatable bonds is 8. The molecule has 1 atom stereocenters. The van der Waals surface area contributed by atoms with Crippen molar-refractivity contribution >= 4 is 39.1 Å². The molecule has 0 spiro atoms. The third-order valence-electron chi connectivity index (χ3n) is 3.97. The molecule has 1 aliphatic rings. The number of hydrogen-bond donors (Lipinski definition) is 0. The number of methoxy groups -OCH3 is 1. The van der Waals surface area contributed by atoms with Gasteiger partial charge in [-0.25, -0.2) is 0 Å². The molecule has 0 aromatic heterocycles. The SMILES string of the molecule is COc1ccc(Cl)cc1CN(C)C(=O)CCCCC1CCSS1. The smallest absolute Gasteiger partial charge is 0.222 e. The Morgan fingerprint density at radius 3 is 2.96 bits per heavy atom. The maximum absolute atomic E-state index is 12.3. The summed E-state index contributed by atoms with van der Waals surface area (Å²) in [5.41, 5.74) is 0.940. The van der Waals surface area contributed by atoms with Gasteiger partial charge >= 0.3 is 0 Å². The molecular weight excluding hydrogens is 350 g/mol. The van der Waals surface area contributed by atoms with Crippen LogP contribution in [0.25, 0.3) is 0 Å². The average Bonchev–Trinajstić information content (AvgIpc) is 3.05. The van der Waals surface area contributed by atoms with Crippen molar-refractivity contribution in [2.75, 3.05) is 19.9 Å². The zero-order chi connectivity index (χ0) is 16.7. The number of carbonyl (C=O) groups is 1. The van der Waals surface area contributed by atoms with Crippen LogP contribution in [-0.4, -0.2) is 36.0 Å². The van der Waals surface area contributed by atoms with Crippen LogP contribution in [-0.2, 0) is 11.3 Å². The number of amides is 1. The Bertz CT molecular complexity index is 521. The van der Waals surface area contributed by atoms with Crippen LogP contribution in [0.4, 0.5) is 0 Å². The van der Waals surface area contributed by atoms with E-state index >= 15 is 0 Å². The van der Waals surface area contributed by atoms with Crippen LogP contribution in [0.5, 0.6) is 5.75 Å². The summed E-state index contributed by atoms with van der Waals surface area (Å²) >= 11 is 6.04. The second-order valence-electron chi connectivity index (χ2n) is 5.78. The number of benzene rings is 1. The van der Waals surface area contributed by atoms with E-state index in [0.29, 0.717) is 18.0 Å². The van der Waals surface area contributed by atoms with Gasteiger partial charge in [-0.2, -0.15) is 0 Å². The highest BCUT2D eigenvalue weighted by Gasteiger charge is 2.17. The van der Waals surface area contributed by atoms with Gasteiger partial charge in [0, 0.05) is 41.6 Å². The first-order valence-electron chi connectivity index (χ1n) is 7.95. The van der Waals surface area contributed by atoms with Gasteiger partial charge in [-0.3, -0.25) is 4.79 Å². The summed E-state index contributed by atoms with van der Waals surface area (Å²) in [7, 11) is 7.46. The Labute approximate surface area is 151 Å². The van der Waals surface area contributed by atoms with Crippen LogP contribution in [0.3, 0.4) is 0 Å². The van der Waals surface area contributed by atoms with E-state index in [1.54, 1.807) is 18.1 Å². The second kappa shape index (κ2) is 9.70. The van der Waals surface area contributed by atoms with Gasteiger partial charge in [0.25, 0.3) is 0 Å². The molecule has 0 saturated carbocycles. The van der Waals surface area contributed by atoms with E-state index in [4.69, 9.17) is 16.3 Å². The summed E-state index contributed by atoms with van der Waals surface area (Å²) in [5.74, 6) is 2.23. The van der Waals surface area contributed by atoms with E-state index in [9.17, 15) is 4.79 Å². The maximum atomic E-state index is 12.3. The Hall–Kier alpha value is -0.520. The molecule has 2 rings (SSSR count). The van der Waals surface area contributed by atoms with Crippen LogP contribution in [0.2, 0.25) is 5.02 Å². The molecule has 1 fully saturated rings. The molecule has 0 N–H and O–H groups in total. The van der Waals surface area contributed by atoms with Crippen LogP contribution in [0, 0.1) is 0 Å². The number of halogens is 1. The van der Waals surface area contributed by atoms with E-state index in [1.165, 1.54) is 18.6 Å². The van der Waals surface area contributed by atoms with Crippen molar-refractivity contribution in [2.24, 2.45) is 0 Å². The molecule has 1 amide bonds. The minimum atomic E-state index is 0.181. The highest BCUT2D eigenvalue weighted by Crippen LogP contribution is 2.39. The lowest BCUT2D eigenvalue weighted by Crippen LogP contribution is -2.26. The minimum Gasteiger partial charge on any atom is -0.496 e. The van der Waals surface area contributed by atoms with E-state index < -0.39 is 0 Å². The number of unbranched alkanes of at least 4 members (excludes halogenated alkanes) is 1. The Kier molecular flexibility index (Phi) is 7.93. The fraction of sp³-hybridized carbons (Fsp3) is 0.588. The summed E-state index contributed by atoms with van der Waals surface area (Å²) in [6, 6.07) is 5.50. The molecule has 6 heteroatoms. The molecule has 1 unspecified atom stereocenters. The normalized spacial score (nSPS) is 17.3. The zero-order valence-electron chi connectivity index (χ0n) is 13.7. The van der Waals surface area contributed by atoms with Gasteiger partial charge < -0.3 is 9.64 Å². The molecule has 1 heterocycles. The molecule has 0 bridgehead atoms. The van der Waals surface area contributed by atoms with Crippen molar-refractivity contribution in [1.82, 2.24) is 4.90 Å². The van der Waals surface area contributed by atoms with E-state index in [2.05, 4.69) is 0 Å². The first-order chi connectivity index (χ1) is 11.1. The topological polar surface area (TPSA) is 29.5 Å². The van der Waals surface area contributed by atoms with Gasteiger partial charge in [0.2, 0.25) is 5.91 Å². The number of hydrogen-bond acceptors (Lipinski definition) is 4. The lowest BCUT2D eigenvalue weighted by Gasteiger charge is -2.19. The predicted molar refractivity (Wildman–Crippen MR) is 101 cm³/mol. The van der Waals surface area contributed by atoms with Crippen LogP contribution in [0.1, 0.15) is 37.7 Å². The molecule has 1 aliphatic heterocycles. The quantitative estimate of drug-likeness (QED) is 0.472. The summed E-state index contributed by atoms with van der Waals surface area (Å²) < 4.78 is 5.34. The van der Waals surface area contributed by atoms with Crippen molar-refractivity contribution in [3.63, 3.8) is 0 Å². The standard InChI is InChI=1S/C17H24ClNO2S2/c1-19(12-13-11-14(18)7-8-16(13)21-2)17(20)6-4-3-5-15-9-10-22-23-15/h7-8,11,15H,3-6,9-10,12H2,1-2H3. The summed E-state index contributed by atoms with van der Waals surface area (Å²) in [6.07, 6.45) is 5.27. The van der Waals surface area contributed by atoms with Crippen molar-refractivity contribution in [1.29, 1.82) is 0 Å². The Morgan fingerprint density at radius 1 is 1.43 bits per heavy atom. The van der Waals surface area contributed by atoms with Crippen LogP contribution >= 0.6 is 33.2 Å². The summed E-state index contributed by atoms with van der Waals surface area (Å²) in [6.45, 7) is 0.525. The molecule has 1 saturated heterocycles. The minimum absolute atomic E-state index is 0.181. The molecular formula is C17H24ClNO2S2. The highest BCUT2D eigenvalue weighted by molar-refractivity contribution is 8.77. The Morgan fingerprint density at radius 2 is 2.26 bits per heavy atom. The van der Waals surface area contributed by atoms with Gasteiger partial charge in [-0.05, 0) is 37.5 Å². The van der Waals surface area contributed by atoms with Crippen LogP contribution in [0.15, 0.2) is 18.2 Å². The van der Waals surface area contributed by atoms with Crippen molar-refractivity contribution < 1.29 is 9.53 Å². The molecule has 3 nitrogen and oxygen atoms in total. The summed E-state index contributed by atoms with van der Waals surface area (Å²) in [5, 5.41) is 1.46. The number of nitrogens with zero attached hydrogens (tertiary/aromatic N) is 1. The number of carbonyl (C=O) groups excluding carboxylic acids is 1. The van der Waals surface area contributed by atoms with Gasteiger partial charge in [-0.15, -0.1) is 0 Å². The van der Waals surface area contributed by atoms with Crippen molar-refractivity contribution in [3.05, 3.63) is 28.8 Å². The fourth-order valence-electron chi connectivity index (χ4n) is 2.62. The lowest BCUT2D eigenvalue weighted by molar-refractivity contribution is -0.130. The molecule has 1 aromatic rings. The number of ether oxygens (including phenoxy) is 1. The van der Waals surface area contributed by atoms with Gasteiger partial charge in [-0.1, -0.05) is 39.6 Å². The van der Waals surface area contributed by atoms with Gasteiger partial charge in [0.15, 0.2) is 0 Å². The largest absolute Gasteiger partial charge is 0.496 e. The predicted octanol–water partition coefficient (Wildman–Crippen LogP) is 5.02.